The summed E-state index contributed by atoms with van der Waals surface area (Å²) in [6.07, 6.45) is 7.10. The van der Waals surface area contributed by atoms with Crippen molar-refractivity contribution in [3.05, 3.63) is 77.8 Å². The van der Waals surface area contributed by atoms with Crippen LogP contribution in [0.3, 0.4) is 0 Å². The minimum absolute atomic E-state index is 0.0859. The van der Waals surface area contributed by atoms with Gasteiger partial charge in [0.1, 0.15) is 5.69 Å². The third-order valence-corrected chi connectivity index (χ3v) is 5.56. The number of ketones is 1. The molecule has 1 aromatic carbocycles. The number of carbonyl (C=O) groups excluding carboxylic acids is 1. The Kier molecular flexibility index (Phi) is 5.68. The molecule has 4 heteroatoms. The van der Waals surface area contributed by atoms with Crippen molar-refractivity contribution >= 4 is 17.2 Å². The second-order valence-corrected chi connectivity index (χ2v) is 7.55. The average Bonchev–Trinajstić information content (AvgIpc) is 2.90. The predicted octanol–water partition coefficient (Wildman–Crippen LogP) is 4.98. The van der Waals surface area contributed by atoms with Crippen LogP contribution in [0, 0.1) is 0 Å². The van der Waals surface area contributed by atoms with Gasteiger partial charge in [0.05, 0.1) is 0 Å². The fourth-order valence-electron chi connectivity index (χ4n) is 3.93. The molecular formula is C24H29N3O. The fourth-order valence-corrected chi connectivity index (χ4v) is 3.93. The van der Waals surface area contributed by atoms with E-state index in [1.807, 2.05) is 24.3 Å². The van der Waals surface area contributed by atoms with Crippen molar-refractivity contribution in [2.75, 3.05) is 29.9 Å². The third kappa shape index (κ3) is 3.59. The molecule has 2 aromatic rings. The summed E-state index contributed by atoms with van der Waals surface area (Å²) in [4.78, 5) is 21.0. The molecule has 0 spiro atoms. The molecule has 28 heavy (non-hydrogen) atoms. The maximum Gasteiger partial charge on any atom is 0.204 e. The molecule has 0 radical (unpaired) electrons. The Morgan fingerprint density at radius 1 is 1.18 bits per heavy atom. The zero-order valence-electron chi connectivity index (χ0n) is 17.4. The molecule has 0 bridgehead atoms. The van der Waals surface area contributed by atoms with Gasteiger partial charge in [0.25, 0.3) is 0 Å². The minimum atomic E-state index is -0.133. The molecular weight excluding hydrogens is 346 g/mol. The average molecular weight is 376 g/mol. The molecule has 2 heterocycles. The minimum Gasteiger partial charge on any atom is -0.372 e. The van der Waals surface area contributed by atoms with Crippen LogP contribution in [-0.2, 0) is 5.41 Å². The maximum atomic E-state index is 12.3. The van der Waals surface area contributed by atoms with Crippen LogP contribution < -0.4 is 9.80 Å². The van der Waals surface area contributed by atoms with E-state index in [1.165, 1.54) is 22.6 Å². The molecule has 1 aliphatic rings. The predicted molar refractivity (Wildman–Crippen MR) is 117 cm³/mol. The Morgan fingerprint density at radius 3 is 2.57 bits per heavy atom. The zero-order valence-corrected chi connectivity index (χ0v) is 17.4. The van der Waals surface area contributed by atoms with Crippen LogP contribution in [0.2, 0.25) is 0 Å². The lowest BCUT2D eigenvalue weighted by Crippen LogP contribution is -2.23. The number of benzene rings is 1. The van der Waals surface area contributed by atoms with E-state index in [4.69, 9.17) is 0 Å². The monoisotopic (exact) mass is 375 g/mol. The third-order valence-electron chi connectivity index (χ3n) is 5.56. The molecule has 4 nitrogen and oxygen atoms in total. The second kappa shape index (κ2) is 8.01. The number of hydrogen-bond donors (Lipinski definition) is 0. The Hall–Kier alpha value is -2.88. The normalized spacial score (nSPS) is 16.6. The van der Waals surface area contributed by atoms with Crippen molar-refractivity contribution in [1.29, 1.82) is 0 Å². The Labute approximate surface area is 168 Å². The van der Waals surface area contributed by atoms with Crippen molar-refractivity contribution in [1.82, 2.24) is 4.98 Å². The van der Waals surface area contributed by atoms with Crippen LogP contribution >= 0.6 is 0 Å². The van der Waals surface area contributed by atoms with Gasteiger partial charge in [-0.3, -0.25) is 9.78 Å². The number of pyridine rings is 1. The van der Waals surface area contributed by atoms with Gasteiger partial charge in [0.15, 0.2) is 0 Å². The van der Waals surface area contributed by atoms with Gasteiger partial charge in [-0.15, -0.1) is 0 Å². The highest BCUT2D eigenvalue weighted by Crippen LogP contribution is 2.48. The first kappa shape index (κ1) is 19.9. The number of aromatic nitrogens is 1. The fraction of sp³-hybridized carbons (Fsp3) is 0.333. The molecule has 0 N–H and O–H groups in total. The van der Waals surface area contributed by atoms with Crippen LogP contribution in [-0.4, -0.2) is 30.9 Å². The number of anilines is 2. The van der Waals surface area contributed by atoms with E-state index in [0.717, 1.165) is 13.1 Å². The lowest BCUT2D eigenvalue weighted by atomic mass is 9.83. The van der Waals surface area contributed by atoms with Gasteiger partial charge in [-0.05, 0) is 61.9 Å². The van der Waals surface area contributed by atoms with Crippen molar-refractivity contribution < 1.29 is 4.79 Å². The molecule has 0 saturated carbocycles. The van der Waals surface area contributed by atoms with Crippen molar-refractivity contribution in [3.63, 3.8) is 0 Å². The molecule has 3 rings (SSSR count). The number of rotatable bonds is 6. The zero-order chi connectivity index (χ0) is 20.3. The number of allylic oxidation sites excluding steroid dienone is 4. The van der Waals surface area contributed by atoms with E-state index >= 15 is 0 Å². The Balaban J connectivity index is 1.89. The van der Waals surface area contributed by atoms with E-state index in [1.54, 1.807) is 18.3 Å². The topological polar surface area (TPSA) is 36.4 Å². The highest BCUT2D eigenvalue weighted by molar-refractivity contribution is 6.03. The van der Waals surface area contributed by atoms with Crippen molar-refractivity contribution in [2.45, 2.75) is 33.1 Å². The van der Waals surface area contributed by atoms with Gasteiger partial charge in [-0.25, -0.2) is 0 Å². The number of fused-ring (bicyclic) bond motifs is 1. The first-order chi connectivity index (χ1) is 13.4. The smallest absolute Gasteiger partial charge is 0.204 e. The SMILES string of the molecule is CCN(CC)c1ccc2c(c1)C(C)(C)/C(=C/C=C/C(=O)c1ccccn1)N2C. The van der Waals surface area contributed by atoms with Gasteiger partial charge >= 0.3 is 0 Å². The Bertz CT molecular complexity index is 909. The van der Waals surface area contributed by atoms with E-state index < -0.39 is 0 Å². The summed E-state index contributed by atoms with van der Waals surface area (Å²) in [5, 5.41) is 0. The quantitative estimate of drug-likeness (QED) is 0.527. The number of carbonyl (C=O) groups is 1. The molecule has 0 fully saturated rings. The lowest BCUT2D eigenvalue weighted by Gasteiger charge is -2.25. The molecule has 0 amide bonds. The first-order valence-electron chi connectivity index (χ1n) is 9.87. The molecule has 1 aromatic heterocycles. The van der Waals surface area contributed by atoms with E-state index in [0.29, 0.717) is 5.69 Å². The largest absolute Gasteiger partial charge is 0.372 e. The molecule has 146 valence electrons. The van der Waals surface area contributed by atoms with Gasteiger partial charge in [-0.1, -0.05) is 26.0 Å². The van der Waals surface area contributed by atoms with Crippen molar-refractivity contribution in [3.8, 4) is 0 Å². The summed E-state index contributed by atoms with van der Waals surface area (Å²) >= 11 is 0. The van der Waals surface area contributed by atoms with Gasteiger partial charge < -0.3 is 9.80 Å². The van der Waals surface area contributed by atoms with Gasteiger partial charge in [0.2, 0.25) is 5.78 Å². The highest BCUT2D eigenvalue weighted by atomic mass is 16.1. The molecule has 0 saturated heterocycles. The van der Waals surface area contributed by atoms with Crippen LogP contribution in [0.4, 0.5) is 11.4 Å². The standard InChI is InChI=1S/C24H29N3O/c1-6-27(7-2)18-14-15-21-19(17-18)24(3,4)23(26(21)5)13-10-12-22(28)20-11-8-9-16-25-20/h8-17H,6-7H2,1-5H3/b12-10+,23-13-. The summed E-state index contributed by atoms with van der Waals surface area (Å²) in [7, 11) is 2.09. The van der Waals surface area contributed by atoms with E-state index in [-0.39, 0.29) is 11.2 Å². The lowest BCUT2D eigenvalue weighted by molar-refractivity contribution is 0.104. The summed E-state index contributed by atoms with van der Waals surface area (Å²) < 4.78 is 0. The van der Waals surface area contributed by atoms with Crippen LogP contribution in [0.15, 0.2) is 66.5 Å². The van der Waals surface area contributed by atoms with Crippen molar-refractivity contribution in [2.24, 2.45) is 0 Å². The van der Waals surface area contributed by atoms with Gasteiger partial charge in [-0.2, -0.15) is 0 Å². The second-order valence-electron chi connectivity index (χ2n) is 7.55. The summed E-state index contributed by atoms with van der Waals surface area (Å²) in [5.41, 5.74) is 5.29. The van der Waals surface area contributed by atoms with E-state index in [2.05, 4.69) is 67.7 Å². The number of likely N-dealkylation sites (N-methyl/N-ethyl adjacent to an activating group) is 1. The number of nitrogens with zero attached hydrogens (tertiary/aromatic N) is 3. The highest BCUT2D eigenvalue weighted by Gasteiger charge is 2.38. The molecule has 0 aliphatic carbocycles. The molecule has 1 aliphatic heterocycles. The summed E-state index contributed by atoms with van der Waals surface area (Å²) in [6, 6.07) is 12.1. The first-order valence-corrected chi connectivity index (χ1v) is 9.87. The summed E-state index contributed by atoms with van der Waals surface area (Å²) in [6.45, 7) is 10.8. The maximum absolute atomic E-state index is 12.3. The number of hydrogen-bond acceptors (Lipinski definition) is 4. The Morgan fingerprint density at radius 2 is 1.93 bits per heavy atom. The molecule has 0 atom stereocenters. The summed E-state index contributed by atoms with van der Waals surface area (Å²) in [5.74, 6) is -0.0859. The van der Waals surface area contributed by atoms with E-state index in [9.17, 15) is 4.79 Å². The van der Waals surface area contributed by atoms with Crippen LogP contribution in [0.25, 0.3) is 0 Å². The van der Waals surface area contributed by atoms with Crippen LogP contribution in [0.1, 0.15) is 43.7 Å². The molecule has 0 unspecified atom stereocenters. The van der Waals surface area contributed by atoms with Gasteiger partial charge in [0, 0.05) is 48.8 Å². The van der Waals surface area contributed by atoms with Crippen LogP contribution in [0.5, 0.6) is 0 Å².